The van der Waals surface area contributed by atoms with Crippen LogP contribution in [0.4, 0.5) is 0 Å². The van der Waals surface area contributed by atoms with Crippen LogP contribution in [-0.2, 0) is 13.0 Å². The molecule has 0 unspecified atom stereocenters. The number of rotatable bonds is 7. The number of benzene rings is 2. The zero-order valence-corrected chi connectivity index (χ0v) is 17.4. The van der Waals surface area contributed by atoms with Gasteiger partial charge in [0.05, 0.1) is 4.88 Å². The molecule has 5 rings (SSSR count). The molecule has 0 N–H and O–H groups in total. The van der Waals surface area contributed by atoms with Crippen molar-refractivity contribution in [2.45, 2.75) is 13.0 Å². The fraction of sp³-hybridized carbons (Fsp3) is 0.174. The average Bonchev–Trinajstić information content (AvgIpc) is 3.58. The maximum absolute atomic E-state index is 13.0. The van der Waals surface area contributed by atoms with Gasteiger partial charge in [0.25, 0.3) is 5.91 Å². The highest BCUT2D eigenvalue weighted by molar-refractivity contribution is 7.12. The van der Waals surface area contributed by atoms with Gasteiger partial charge in [-0.3, -0.25) is 4.79 Å². The minimum Gasteiger partial charge on any atom is -0.454 e. The maximum Gasteiger partial charge on any atom is 0.264 e. The smallest absolute Gasteiger partial charge is 0.264 e. The topological polar surface area (TPSA) is 77.7 Å². The van der Waals surface area contributed by atoms with Gasteiger partial charge in [-0.2, -0.15) is 4.98 Å². The first-order chi connectivity index (χ1) is 15.3. The summed E-state index contributed by atoms with van der Waals surface area (Å²) in [5.41, 5.74) is 1.86. The van der Waals surface area contributed by atoms with Gasteiger partial charge in [0.1, 0.15) is 0 Å². The third-order valence-electron chi connectivity index (χ3n) is 4.93. The fourth-order valence-electron chi connectivity index (χ4n) is 3.35. The highest BCUT2D eigenvalue weighted by atomic mass is 32.1. The molecule has 4 aromatic rings. The summed E-state index contributed by atoms with van der Waals surface area (Å²) in [7, 11) is 0. The number of amides is 1. The Labute approximate surface area is 182 Å². The molecule has 0 bridgehead atoms. The number of hydrogen-bond acceptors (Lipinski definition) is 7. The summed E-state index contributed by atoms with van der Waals surface area (Å²) < 4.78 is 16.2. The van der Waals surface area contributed by atoms with E-state index in [1.807, 2.05) is 70.9 Å². The van der Waals surface area contributed by atoms with Crippen molar-refractivity contribution in [2.75, 3.05) is 13.3 Å². The first-order valence-electron chi connectivity index (χ1n) is 9.85. The molecule has 0 radical (unpaired) electrons. The number of carbonyl (C=O) groups excluding carboxylic acids is 1. The molecule has 2 aromatic heterocycles. The van der Waals surface area contributed by atoms with E-state index in [-0.39, 0.29) is 12.7 Å². The molecule has 0 aliphatic carbocycles. The minimum atomic E-state index is -0.00522. The lowest BCUT2D eigenvalue weighted by Crippen LogP contribution is -2.32. The molecule has 1 amide bonds. The van der Waals surface area contributed by atoms with E-state index in [1.165, 1.54) is 11.3 Å². The molecular formula is C23H19N3O4S. The number of thiophene rings is 1. The summed E-state index contributed by atoms with van der Waals surface area (Å²) >= 11 is 1.44. The van der Waals surface area contributed by atoms with Crippen LogP contribution >= 0.6 is 11.3 Å². The predicted octanol–water partition coefficient (Wildman–Crippen LogP) is 4.41. The van der Waals surface area contributed by atoms with Crippen molar-refractivity contribution in [1.82, 2.24) is 15.0 Å². The van der Waals surface area contributed by atoms with Crippen LogP contribution in [-0.4, -0.2) is 34.3 Å². The van der Waals surface area contributed by atoms with E-state index in [1.54, 1.807) is 0 Å². The van der Waals surface area contributed by atoms with Crippen LogP contribution in [0, 0.1) is 0 Å². The first kappa shape index (κ1) is 19.3. The van der Waals surface area contributed by atoms with E-state index >= 15 is 0 Å². The number of hydrogen-bond donors (Lipinski definition) is 0. The quantitative estimate of drug-likeness (QED) is 0.430. The second-order valence-electron chi connectivity index (χ2n) is 7.02. The van der Waals surface area contributed by atoms with Gasteiger partial charge < -0.3 is 18.9 Å². The van der Waals surface area contributed by atoms with E-state index in [4.69, 9.17) is 14.0 Å². The summed E-state index contributed by atoms with van der Waals surface area (Å²) in [5.74, 6) is 2.32. The summed E-state index contributed by atoms with van der Waals surface area (Å²) in [4.78, 5) is 20.0. The number of aromatic nitrogens is 2. The Morgan fingerprint density at radius 1 is 1.03 bits per heavy atom. The molecular weight excluding hydrogens is 414 g/mol. The molecule has 1 aliphatic heterocycles. The molecule has 1 aliphatic rings. The molecule has 8 heteroatoms. The third kappa shape index (κ3) is 4.29. The standard InChI is InChI=1S/C23H19N3O4S/c27-23(20-7-4-12-31-20)26(14-16-5-2-1-3-6-16)11-10-21-24-22(25-30-21)17-8-9-18-19(13-17)29-15-28-18/h1-9,12-13H,10-11,14-15H2. The Bertz CT molecular complexity index is 1170. The molecule has 31 heavy (non-hydrogen) atoms. The van der Waals surface area contributed by atoms with Gasteiger partial charge in [-0.25, -0.2) is 0 Å². The molecule has 0 atom stereocenters. The van der Waals surface area contributed by atoms with E-state index in [0.717, 1.165) is 11.1 Å². The van der Waals surface area contributed by atoms with Gasteiger partial charge in [-0.1, -0.05) is 41.6 Å². The zero-order chi connectivity index (χ0) is 21.0. The normalized spacial score (nSPS) is 12.1. The molecule has 7 nitrogen and oxygen atoms in total. The Balaban J connectivity index is 1.30. The van der Waals surface area contributed by atoms with Crippen molar-refractivity contribution in [2.24, 2.45) is 0 Å². The van der Waals surface area contributed by atoms with Gasteiger partial charge in [0.2, 0.25) is 18.5 Å². The van der Waals surface area contributed by atoms with Crippen LogP contribution in [0.5, 0.6) is 11.5 Å². The lowest BCUT2D eigenvalue weighted by Gasteiger charge is -2.21. The molecule has 0 spiro atoms. The minimum absolute atomic E-state index is 0.00522. The van der Waals surface area contributed by atoms with Crippen molar-refractivity contribution in [1.29, 1.82) is 0 Å². The Morgan fingerprint density at radius 3 is 2.74 bits per heavy atom. The van der Waals surface area contributed by atoms with Crippen LogP contribution in [0.3, 0.4) is 0 Å². The Kier molecular flexibility index (Phi) is 5.37. The van der Waals surface area contributed by atoms with Gasteiger partial charge in [0, 0.05) is 25.1 Å². The fourth-order valence-corrected chi connectivity index (χ4v) is 4.04. The number of nitrogens with zero attached hydrogens (tertiary/aromatic N) is 3. The summed E-state index contributed by atoms with van der Waals surface area (Å²) in [6.07, 6.45) is 0.460. The Hall–Kier alpha value is -3.65. The van der Waals surface area contributed by atoms with Crippen LogP contribution in [0.1, 0.15) is 21.1 Å². The van der Waals surface area contributed by atoms with Gasteiger partial charge >= 0.3 is 0 Å². The molecule has 3 heterocycles. The van der Waals surface area contributed by atoms with E-state index in [0.29, 0.717) is 47.6 Å². The van der Waals surface area contributed by atoms with Crippen molar-refractivity contribution >= 4 is 17.2 Å². The summed E-state index contributed by atoms with van der Waals surface area (Å²) in [5, 5.41) is 5.99. The summed E-state index contributed by atoms with van der Waals surface area (Å²) in [6.45, 7) is 1.20. The summed E-state index contributed by atoms with van der Waals surface area (Å²) in [6, 6.07) is 19.2. The monoisotopic (exact) mass is 433 g/mol. The molecule has 2 aromatic carbocycles. The van der Waals surface area contributed by atoms with Crippen molar-refractivity contribution in [3.05, 3.63) is 82.4 Å². The van der Waals surface area contributed by atoms with Crippen molar-refractivity contribution < 1.29 is 18.8 Å². The van der Waals surface area contributed by atoms with Crippen LogP contribution < -0.4 is 9.47 Å². The molecule has 156 valence electrons. The number of ether oxygens (including phenoxy) is 2. The second-order valence-corrected chi connectivity index (χ2v) is 7.97. The average molecular weight is 433 g/mol. The number of carbonyl (C=O) groups is 1. The van der Waals surface area contributed by atoms with Crippen molar-refractivity contribution in [3.63, 3.8) is 0 Å². The highest BCUT2D eigenvalue weighted by Gasteiger charge is 2.20. The van der Waals surface area contributed by atoms with E-state index in [9.17, 15) is 4.79 Å². The largest absolute Gasteiger partial charge is 0.454 e. The molecule has 0 fully saturated rings. The maximum atomic E-state index is 13.0. The Morgan fingerprint density at radius 2 is 1.90 bits per heavy atom. The van der Waals surface area contributed by atoms with E-state index in [2.05, 4.69) is 10.1 Å². The zero-order valence-electron chi connectivity index (χ0n) is 16.6. The molecule has 0 saturated carbocycles. The van der Waals surface area contributed by atoms with Crippen molar-refractivity contribution in [3.8, 4) is 22.9 Å². The van der Waals surface area contributed by atoms with Gasteiger partial charge in [0.15, 0.2) is 11.5 Å². The van der Waals surface area contributed by atoms with Crippen LogP contribution in [0.2, 0.25) is 0 Å². The highest BCUT2D eigenvalue weighted by Crippen LogP contribution is 2.35. The van der Waals surface area contributed by atoms with E-state index < -0.39 is 0 Å². The predicted molar refractivity (Wildman–Crippen MR) is 115 cm³/mol. The second kappa shape index (κ2) is 8.61. The van der Waals surface area contributed by atoms with Crippen LogP contribution in [0.25, 0.3) is 11.4 Å². The lowest BCUT2D eigenvalue weighted by atomic mass is 10.2. The SMILES string of the molecule is O=C(c1cccs1)N(CCc1nc(-c2ccc3c(c2)OCO3)no1)Cc1ccccc1. The molecule has 0 saturated heterocycles. The van der Waals surface area contributed by atoms with Gasteiger partial charge in [-0.05, 0) is 35.2 Å². The third-order valence-corrected chi connectivity index (χ3v) is 5.79. The first-order valence-corrected chi connectivity index (χ1v) is 10.7. The lowest BCUT2D eigenvalue weighted by molar-refractivity contribution is 0.0746. The number of fused-ring (bicyclic) bond motifs is 1. The van der Waals surface area contributed by atoms with Gasteiger partial charge in [-0.15, -0.1) is 11.3 Å². The van der Waals surface area contributed by atoms with Crippen LogP contribution in [0.15, 0.2) is 70.6 Å².